The number of nitrogens with zero attached hydrogens (tertiary/aromatic N) is 3. The number of hydrogen-bond donors (Lipinski definition) is 0. The monoisotopic (exact) mass is 325 g/mol. The number of ether oxygens (including phenoxy) is 1. The molecular formula is C13H22F3N3O3. The number of piperazine rings is 1. The fourth-order valence-corrected chi connectivity index (χ4v) is 2.08. The molecule has 1 heterocycles. The lowest BCUT2D eigenvalue weighted by Gasteiger charge is -2.35. The summed E-state index contributed by atoms with van der Waals surface area (Å²) in [5, 5.41) is 0. The maximum absolute atomic E-state index is 11.9. The molecule has 0 unspecified atom stereocenters. The molecule has 0 N–H and O–H groups in total. The first-order valence-electron chi connectivity index (χ1n) is 7.04. The standard InChI is InChI=1S/C13H22F3N3O3/c1-17(2)9-12(21)19-6-4-18(5-7-19)11(20)3-8-22-10-13(14,15)16/h3-10H2,1-2H3. The highest BCUT2D eigenvalue weighted by atomic mass is 19.4. The average molecular weight is 325 g/mol. The number of carbonyl (C=O) groups excluding carboxylic acids is 2. The first-order valence-corrected chi connectivity index (χ1v) is 7.04. The van der Waals surface area contributed by atoms with Crippen molar-refractivity contribution in [2.24, 2.45) is 0 Å². The molecule has 2 amide bonds. The Bertz CT molecular complexity index is 380. The third-order valence-corrected chi connectivity index (χ3v) is 3.16. The lowest BCUT2D eigenvalue weighted by atomic mass is 10.2. The summed E-state index contributed by atoms with van der Waals surface area (Å²) in [5.41, 5.74) is 0. The average Bonchev–Trinajstić information content (AvgIpc) is 2.41. The second-order valence-corrected chi connectivity index (χ2v) is 5.42. The van der Waals surface area contributed by atoms with E-state index in [1.807, 2.05) is 0 Å². The second-order valence-electron chi connectivity index (χ2n) is 5.42. The van der Waals surface area contributed by atoms with E-state index in [9.17, 15) is 22.8 Å². The summed E-state index contributed by atoms with van der Waals surface area (Å²) < 4.78 is 40.1. The fourth-order valence-electron chi connectivity index (χ4n) is 2.08. The Balaban J connectivity index is 2.23. The molecular weight excluding hydrogens is 303 g/mol. The van der Waals surface area contributed by atoms with E-state index in [2.05, 4.69) is 4.74 Å². The van der Waals surface area contributed by atoms with E-state index < -0.39 is 12.8 Å². The normalized spacial score (nSPS) is 16.3. The molecule has 1 aliphatic heterocycles. The lowest BCUT2D eigenvalue weighted by Crippen LogP contribution is -2.52. The molecule has 128 valence electrons. The van der Waals surface area contributed by atoms with Crippen LogP contribution in [0.4, 0.5) is 13.2 Å². The first kappa shape index (κ1) is 18.7. The molecule has 0 bridgehead atoms. The minimum absolute atomic E-state index is 0.00519. The third-order valence-electron chi connectivity index (χ3n) is 3.16. The van der Waals surface area contributed by atoms with Crippen LogP contribution >= 0.6 is 0 Å². The van der Waals surface area contributed by atoms with Gasteiger partial charge in [0.15, 0.2) is 0 Å². The van der Waals surface area contributed by atoms with Crippen molar-refractivity contribution in [3.63, 3.8) is 0 Å². The molecule has 0 spiro atoms. The molecule has 0 aromatic heterocycles. The molecule has 22 heavy (non-hydrogen) atoms. The van der Waals surface area contributed by atoms with E-state index in [4.69, 9.17) is 0 Å². The molecule has 0 aromatic rings. The Morgan fingerprint density at radius 1 is 1.05 bits per heavy atom. The van der Waals surface area contributed by atoms with Crippen molar-refractivity contribution in [1.82, 2.24) is 14.7 Å². The molecule has 0 radical (unpaired) electrons. The molecule has 9 heteroatoms. The van der Waals surface area contributed by atoms with Crippen LogP contribution in [0.3, 0.4) is 0 Å². The summed E-state index contributed by atoms with van der Waals surface area (Å²) in [7, 11) is 3.61. The van der Waals surface area contributed by atoms with Gasteiger partial charge in [-0.1, -0.05) is 0 Å². The molecule has 1 rings (SSSR count). The van der Waals surface area contributed by atoms with Crippen LogP contribution in [0.5, 0.6) is 0 Å². The van der Waals surface area contributed by atoms with Gasteiger partial charge in [0, 0.05) is 26.2 Å². The predicted octanol–water partition coefficient (Wildman–Crippen LogP) is 0.188. The highest BCUT2D eigenvalue weighted by Crippen LogP contribution is 2.14. The van der Waals surface area contributed by atoms with Crippen molar-refractivity contribution >= 4 is 11.8 Å². The Labute approximate surface area is 127 Å². The van der Waals surface area contributed by atoms with Crippen molar-refractivity contribution in [3.8, 4) is 0 Å². The van der Waals surface area contributed by atoms with E-state index in [0.717, 1.165) is 0 Å². The van der Waals surface area contributed by atoms with Crippen molar-refractivity contribution in [1.29, 1.82) is 0 Å². The quantitative estimate of drug-likeness (QED) is 0.654. The fraction of sp³-hybridized carbons (Fsp3) is 0.846. The van der Waals surface area contributed by atoms with Crippen LogP contribution in [-0.4, -0.2) is 92.7 Å². The van der Waals surface area contributed by atoms with Gasteiger partial charge in [0.1, 0.15) is 6.61 Å². The number of rotatable bonds is 6. The summed E-state index contributed by atoms with van der Waals surface area (Å²) in [4.78, 5) is 28.7. The zero-order valence-electron chi connectivity index (χ0n) is 12.9. The van der Waals surface area contributed by atoms with Gasteiger partial charge in [-0.05, 0) is 14.1 Å². The van der Waals surface area contributed by atoms with Crippen LogP contribution in [0.25, 0.3) is 0 Å². The van der Waals surface area contributed by atoms with Crippen molar-refractivity contribution in [2.45, 2.75) is 12.6 Å². The zero-order chi connectivity index (χ0) is 16.8. The van der Waals surface area contributed by atoms with E-state index in [1.165, 1.54) is 0 Å². The smallest absolute Gasteiger partial charge is 0.372 e. The van der Waals surface area contributed by atoms with Gasteiger partial charge in [0.05, 0.1) is 19.6 Å². The minimum atomic E-state index is -4.37. The minimum Gasteiger partial charge on any atom is -0.372 e. The summed E-state index contributed by atoms with van der Waals surface area (Å²) in [6.07, 6.45) is -4.46. The Morgan fingerprint density at radius 3 is 2.00 bits per heavy atom. The van der Waals surface area contributed by atoms with Crippen LogP contribution in [0.2, 0.25) is 0 Å². The molecule has 1 aliphatic rings. The molecule has 0 aliphatic carbocycles. The van der Waals surface area contributed by atoms with Gasteiger partial charge < -0.3 is 19.4 Å². The largest absolute Gasteiger partial charge is 0.411 e. The predicted molar refractivity (Wildman–Crippen MR) is 73.2 cm³/mol. The number of amides is 2. The van der Waals surface area contributed by atoms with Crippen LogP contribution in [0.1, 0.15) is 6.42 Å². The number of carbonyl (C=O) groups is 2. The number of alkyl halides is 3. The number of likely N-dealkylation sites (N-methyl/N-ethyl adjacent to an activating group) is 1. The van der Waals surface area contributed by atoms with Crippen molar-refractivity contribution in [2.75, 3.05) is 60.0 Å². The van der Waals surface area contributed by atoms with Gasteiger partial charge in [-0.3, -0.25) is 9.59 Å². The maximum atomic E-state index is 11.9. The van der Waals surface area contributed by atoms with E-state index in [1.54, 1.807) is 28.8 Å². The highest BCUT2D eigenvalue weighted by molar-refractivity contribution is 5.79. The maximum Gasteiger partial charge on any atom is 0.411 e. The van der Waals surface area contributed by atoms with Crippen LogP contribution in [0.15, 0.2) is 0 Å². The molecule has 0 aromatic carbocycles. The van der Waals surface area contributed by atoms with Crippen LogP contribution in [-0.2, 0) is 14.3 Å². The Hall–Kier alpha value is -1.35. The molecule has 1 fully saturated rings. The summed E-state index contributed by atoms with van der Waals surface area (Å²) in [6.45, 7) is 0.419. The third kappa shape index (κ3) is 7.08. The molecule has 0 atom stereocenters. The first-order chi connectivity index (χ1) is 10.2. The molecule has 0 saturated carbocycles. The zero-order valence-corrected chi connectivity index (χ0v) is 12.9. The SMILES string of the molecule is CN(C)CC(=O)N1CCN(C(=O)CCOCC(F)(F)F)CC1. The van der Waals surface area contributed by atoms with Crippen molar-refractivity contribution < 1.29 is 27.5 Å². The number of hydrogen-bond acceptors (Lipinski definition) is 4. The van der Waals surface area contributed by atoms with Gasteiger partial charge in [-0.25, -0.2) is 0 Å². The summed E-state index contributed by atoms with van der Waals surface area (Å²) >= 11 is 0. The summed E-state index contributed by atoms with van der Waals surface area (Å²) in [5.74, 6) is -0.243. The van der Waals surface area contributed by atoms with Crippen molar-refractivity contribution in [3.05, 3.63) is 0 Å². The Morgan fingerprint density at radius 2 is 1.55 bits per heavy atom. The van der Waals surface area contributed by atoms with E-state index in [-0.39, 0.29) is 24.8 Å². The highest BCUT2D eigenvalue weighted by Gasteiger charge is 2.28. The van der Waals surface area contributed by atoms with Gasteiger partial charge in [-0.15, -0.1) is 0 Å². The molecule has 1 saturated heterocycles. The topological polar surface area (TPSA) is 53.1 Å². The van der Waals surface area contributed by atoms with Gasteiger partial charge in [0.25, 0.3) is 0 Å². The van der Waals surface area contributed by atoms with Gasteiger partial charge in [0.2, 0.25) is 11.8 Å². The van der Waals surface area contributed by atoms with Gasteiger partial charge >= 0.3 is 6.18 Å². The van der Waals surface area contributed by atoms with E-state index >= 15 is 0 Å². The Kier molecular flexibility index (Phi) is 7.08. The van der Waals surface area contributed by atoms with E-state index in [0.29, 0.717) is 32.7 Å². The van der Waals surface area contributed by atoms with Crippen LogP contribution < -0.4 is 0 Å². The lowest BCUT2D eigenvalue weighted by molar-refractivity contribution is -0.175. The number of halogens is 3. The van der Waals surface area contributed by atoms with Crippen LogP contribution in [0, 0.1) is 0 Å². The second kappa shape index (κ2) is 8.33. The van der Waals surface area contributed by atoms with Gasteiger partial charge in [-0.2, -0.15) is 13.2 Å². The summed E-state index contributed by atoms with van der Waals surface area (Å²) in [6, 6.07) is 0. The molecule has 6 nitrogen and oxygen atoms in total.